The second-order valence-electron chi connectivity index (χ2n) is 5.50. The number of nitrogens with one attached hydrogen (secondary N) is 2. The molecule has 0 unspecified atom stereocenters. The predicted molar refractivity (Wildman–Crippen MR) is 100 cm³/mol. The second kappa shape index (κ2) is 8.54. The number of anilines is 1. The van der Waals surface area contributed by atoms with Crippen LogP contribution in [0, 0.1) is 11.6 Å². The van der Waals surface area contributed by atoms with Crippen LogP contribution in [0.25, 0.3) is 0 Å². The molecule has 138 valence electrons. The van der Waals surface area contributed by atoms with Crippen LogP contribution in [0.1, 0.15) is 22.8 Å². The van der Waals surface area contributed by atoms with Gasteiger partial charge >= 0.3 is 0 Å². The molecular weight excluding hydrogens is 372 g/mol. The van der Waals surface area contributed by atoms with Crippen molar-refractivity contribution in [1.29, 1.82) is 0 Å². The summed E-state index contributed by atoms with van der Waals surface area (Å²) in [4.78, 5) is 16.2. The first-order valence-electron chi connectivity index (χ1n) is 7.91. The zero-order valence-corrected chi connectivity index (χ0v) is 15.1. The van der Waals surface area contributed by atoms with Crippen molar-refractivity contribution in [3.05, 3.63) is 71.3 Å². The van der Waals surface area contributed by atoms with Crippen LogP contribution in [-0.2, 0) is 0 Å². The van der Waals surface area contributed by atoms with Crippen molar-refractivity contribution >= 4 is 29.2 Å². The van der Waals surface area contributed by atoms with Crippen LogP contribution in [0.4, 0.5) is 14.7 Å². The summed E-state index contributed by atoms with van der Waals surface area (Å²) < 4.78 is 25.8. The Morgan fingerprint density at radius 3 is 2.30 bits per heavy atom. The van der Waals surface area contributed by atoms with Crippen LogP contribution in [0.5, 0.6) is 0 Å². The minimum absolute atomic E-state index is 0.126. The third-order valence-corrected chi connectivity index (χ3v) is 4.40. The second-order valence-corrected chi connectivity index (χ2v) is 6.44. The fraction of sp³-hybridized carbons (Fsp3) is 0.111. The predicted octanol–water partition coefficient (Wildman–Crippen LogP) is 3.89. The number of hydrogen-bond donors (Lipinski definition) is 2. The van der Waals surface area contributed by atoms with Crippen LogP contribution in [0.15, 0.2) is 58.8 Å². The average molecular weight is 387 g/mol. The highest BCUT2D eigenvalue weighted by atomic mass is 32.2. The SMILES string of the molecule is C/C(=N\Nc1nc(SCC(=O)c2ccc(F)cc2)n[nH]1)c1ccc(F)cc1. The Hall–Kier alpha value is -3.07. The van der Waals surface area contributed by atoms with Gasteiger partial charge in [-0.3, -0.25) is 4.79 Å². The number of carbonyl (C=O) groups is 1. The summed E-state index contributed by atoms with van der Waals surface area (Å²) in [5.74, 6) is -0.412. The fourth-order valence-electron chi connectivity index (χ4n) is 2.10. The fourth-order valence-corrected chi connectivity index (χ4v) is 2.80. The summed E-state index contributed by atoms with van der Waals surface area (Å²) in [6.07, 6.45) is 0. The number of rotatable bonds is 7. The number of carbonyl (C=O) groups excluding carboxylic acids is 1. The Morgan fingerprint density at radius 2 is 1.67 bits per heavy atom. The molecule has 27 heavy (non-hydrogen) atoms. The quantitative estimate of drug-likeness (QED) is 0.278. The van der Waals surface area contributed by atoms with Crippen molar-refractivity contribution in [3.8, 4) is 0 Å². The van der Waals surface area contributed by atoms with Crippen molar-refractivity contribution in [2.75, 3.05) is 11.2 Å². The standard InChI is InChI=1S/C18H15F2N5OS/c1-11(12-2-6-14(19)7-3-12)22-23-17-21-18(25-24-17)27-10-16(26)13-4-8-15(20)9-5-13/h2-9H,10H2,1H3,(H2,21,23,24,25)/b22-11+. The van der Waals surface area contributed by atoms with Crippen molar-refractivity contribution in [2.24, 2.45) is 5.10 Å². The van der Waals surface area contributed by atoms with Gasteiger partial charge in [-0.25, -0.2) is 19.3 Å². The number of aromatic amines is 1. The number of Topliss-reactive ketones (excluding diaryl/α,β-unsaturated/α-hetero) is 1. The van der Waals surface area contributed by atoms with Gasteiger partial charge in [0.05, 0.1) is 11.5 Å². The van der Waals surface area contributed by atoms with Gasteiger partial charge in [-0.1, -0.05) is 23.9 Å². The maximum Gasteiger partial charge on any atom is 0.240 e. The average Bonchev–Trinajstić information content (AvgIpc) is 3.13. The van der Waals surface area contributed by atoms with Crippen molar-refractivity contribution in [2.45, 2.75) is 12.1 Å². The lowest BCUT2D eigenvalue weighted by Crippen LogP contribution is -2.02. The summed E-state index contributed by atoms with van der Waals surface area (Å²) in [6, 6.07) is 11.3. The third-order valence-electron chi connectivity index (χ3n) is 3.55. The Labute approximate surface area is 158 Å². The first kappa shape index (κ1) is 18.7. The number of halogens is 2. The maximum absolute atomic E-state index is 12.9. The molecule has 0 saturated carbocycles. The molecule has 2 aromatic carbocycles. The van der Waals surface area contributed by atoms with Gasteiger partial charge in [-0.05, 0) is 48.9 Å². The first-order valence-corrected chi connectivity index (χ1v) is 8.90. The lowest BCUT2D eigenvalue weighted by atomic mass is 10.1. The molecule has 0 aliphatic heterocycles. The molecular formula is C18H15F2N5OS. The van der Waals surface area contributed by atoms with E-state index in [0.29, 0.717) is 22.4 Å². The first-order chi connectivity index (χ1) is 13.0. The molecule has 0 atom stereocenters. The number of hydrogen-bond acceptors (Lipinski definition) is 6. The van der Waals surface area contributed by atoms with E-state index >= 15 is 0 Å². The molecule has 2 N–H and O–H groups in total. The lowest BCUT2D eigenvalue weighted by Gasteiger charge is -2.01. The van der Waals surface area contributed by atoms with E-state index in [1.54, 1.807) is 19.1 Å². The molecule has 3 aromatic rings. The highest BCUT2D eigenvalue weighted by Crippen LogP contribution is 2.16. The van der Waals surface area contributed by atoms with Gasteiger partial charge in [0.15, 0.2) is 5.78 Å². The van der Waals surface area contributed by atoms with Crippen LogP contribution in [0.3, 0.4) is 0 Å². The number of H-pyrrole nitrogens is 1. The molecule has 0 fully saturated rings. The van der Waals surface area contributed by atoms with Crippen molar-refractivity contribution in [3.63, 3.8) is 0 Å². The zero-order chi connectivity index (χ0) is 19.2. The Kier molecular flexibility index (Phi) is 5.92. The Bertz CT molecular complexity index is 955. The molecule has 0 aliphatic carbocycles. The van der Waals surface area contributed by atoms with Crippen molar-refractivity contribution in [1.82, 2.24) is 15.2 Å². The largest absolute Gasteiger partial charge is 0.293 e. The summed E-state index contributed by atoms with van der Waals surface area (Å²) in [6.45, 7) is 1.77. The molecule has 0 radical (unpaired) electrons. The number of aromatic nitrogens is 3. The molecule has 6 nitrogen and oxygen atoms in total. The van der Waals surface area contributed by atoms with Gasteiger partial charge in [-0.15, -0.1) is 5.10 Å². The normalized spacial score (nSPS) is 11.4. The number of nitrogens with zero attached hydrogens (tertiary/aromatic N) is 3. The van der Waals surface area contributed by atoms with E-state index in [9.17, 15) is 13.6 Å². The van der Waals surface area contributed by atoms with Gasteiger partial charge in [0.25, 0.3) is 0 Å². The minimum Gasteiger partial charge on any atom is -0.293 e. The van der Waals surface area contributed by atoms with E-state index < -0.39 is 0 Å². The summed E-state index contributed by atoms with van der Waals surface area (Å²) >= 11 is 1.15. The van der Waals surface area contributed by atoms with E-state index in [1.807, 2.05) is 0 Å². The van der Waals surface area contributed by atoms with E-state index in [2.05, 4.69) is 25.7 Å². The molecule has 0 aliphatic rings. The summed E-state index contributed by atoms with van der Waals surface area (Å²) in [5.41, 5.74) is 4.57. The molecule has 9 heteroatoms. The smallest absolute Gasteiger partial charge is 0.240 e. The highest BCUT2D eigenvalue weighted by molar-refractivity contribution is 7.99. The van der Waals surface area contributed by atoms with Gasteiger partial charge in [0, 0.05) is 5.56 Å². The molecule has 0 bridgehead atoms. The van der Waals surface area contributed by atoms with Gasteiger partial charge in [0.1, 0.15) is 11.6 Å². The third kappa shape index (κ3) is 5.20. The maximum atomic E-state index is 12.9. The van der Waals surface area contributed by atoms with Crippen LogP contribution in [-0.4, -0.2) is 32.4 Å². The van der Waals surface area contributed by atoms with Crippen LogP contribution in [0.2, 0.25) is 0 Å². The van der Waals surface area contributed by atoms with Gasteiger partial charge in [0.2, 0.25) is 11.1 Å². The number of hydrazone groups is 1. The molecule has 0 amide bonds. The minimum atomic E-state index is -0.389. The van der Waals surface area contributed by atoms with E-state index in [4.69, 9.17) is 0 Å². The monoisotopic (exact) mass is 387 g/mol. The van der Waals surface area contributed by atoms with Gasteiger partial charge in [-0.2, -0.15) is 10.1 Å². The van der Waals surface area contributed by atoms with E-state index in [1.165, 1.54) is 36.4 Å². The molecule has 1 heterocycles. The van der Waals surface area contributed by atoms with Crippen LogP contribution < -0.4 is 5.43 Å². The summed E-state index contributed by atoms with van der Waals surface area (Å²) in [7, 11) is 0. The number of ketones is 1. The Morgan fingerprint density at radius 1 is 1.07 bits per heavy atom. The van der Waals surface area contributed by atoms with E-state index in [-0.39, 0.29) is 23.2 Å². The summed E-state index contributed by atoms with van der Waals surface area (Å²) in [5, 5.41) is 11.2. The lowest BCUT2D eigenvalue weighted by molar-refractivity contribution is 0.102. The molecule has 0 spiro atoms. The number of thioether (sulfide) groups is 1. The van der Waals surface area contributed by atoms with E-state index in [0.717, 1.165) is 17.3 Å². The Balaban J connectivity index is 1.55. The molecule has 0 saturated heterocycles. The van der Waals surface area contributed by atoms with Crippen molar-refractivity contribution < 1.29 is 13.6 Å². The zero-order valence-electron chi connectivity index (χ0n) is 14.2. The molecule has 3 rings (SSSR count). The topological polar surface area (TPSA) is 83.0 Å². The van der Waals surface area contributed by atoms with Gasteiger partial charge < -0.3 is 0 Å². The highest BCUT2D eigenvalue weighted by Gasteiger charge is 2.10. The molecule has 1 aromatic heterocycles. The number of benzene rings is 2. The van der Waals surface area contributed by atoms with Crippen LogP contribution >= 0.6 is 11.8 Å².